The van der Waals surface area contributed by atoms with E-state index in [0.29, 0.717) is 0 Å². The zero-order chi connectivity index (χ0) is 9.14. The van der Waals surface area contributed by atoms with Crippen LogP contribution in [-0.4, -0.2) is 36.3 Å². The fraction of sp³-hybridized carbons (Fsp3) is 0.750. The number of rotatable bonds is 2. The van der Waals surface area contributed by atoms with Gasteiger partial charge in [-0.15, -0.1) is 0 Å². The first-order chi connectivity index (χ1) is 5.61. The molecule has 1 rings (SSSR count). The summed E-state index contributed by atoms with van der Waals surface area (Å²) in [6, 6.07) is -0.0811. The van der Waals surface area contributed by atoms with E-state index in [1.165, 1.54) is 14.1 Å². The third-order valence-corrected chi connectivity index (χ3v) is 2.25. The topological polar surface area (TPSA) is 52.6 Å². The lowest BCUT2D eigenvalue weighted by molar-refractivity contribution is 0.290. The van der Waals surface area contributed by atoms with Crippen LogP contribution in [-0.2, 0) is 0 Å². The van der Waals surface area contributed by atoms with E-state index in [4.69, 9.17) is 0 Å². The van der Waals surface area contributed by atoms with Crippen LogP contribution in [0.3, 0.4) is 0 Å². The molecule has 0 saturated carbocycles. The highest BCUT2D eigenvalue weighted by atomic mass is 16.5. The molecule has 0 bridgehead atoms. The Labute approximate surface area is 72.6 Å². The van der Waals surface area contributed by atoms with Gasteiger partial charge in [-0.05, 0) is 26.9 Å². The number of hydrogen-bond donors (Lipinski definition) is 0. The molecular formula is C8H14N2O2-2. The molecule has 0 aromatic rings. The van der Waals surface area contributed by atoms with Gasteiger partial charge in [-0.25, -0.2) is 0 Å². The van der Waals surface area contributed by atoms with Crippen molar-refractivity contribution in [1.29, 1.82) is 0 Å². The van der Waals surface area contributed by atoms with Crippen LogP contribution in [0.25, 0.3) is 0 Å². The molecule has 0 aromatic carbocycles. The van der Waals surface area contributed by atoms with Crippen LogP contribution in [0.5, 0.6) is 0 Å². The summed E-state index contributed by atoms with van der Waals surface area (Å²) in [4.78, 5) is 0. The Morgan fingerprint density at radius 3 is 1.50 bits per heavy atom. The van der Waals surface area contributed by atoms with E-state index in [-0.39, 0.29) is 12.1 Å². The number of likely N-dealkylation sites (N-methyl/N-ethyl adjacent to an activating group) is 2. The Bertz CT molecular complexity index is 150. The molecular weight excluding hydrogens is 156 g/mol. The van der Waals surface area contributed by atoms with Gasteiger partial charge in [0.1, 0.15) is 0 Å². The monoisotopic (exact) mass is 170 g/mol. The van der Waals surface area contributed by atoms with E-state index >= 15 is 0 Å². The molecule has 1 aliphatic carbocycles. The minimum Gasteiger partial charge on any atom is -0.785 e. The maximum atomic E-state index is 10.8. The highest BCUT2D eigenvalue weighted by Crippen LogP contribution is 2.17. The molecule has 4 nitrogen and oxygen atoms in total. The fourth-order valence-corrected chi connectivity index (χ4v) is 1.40. The molecule has 12 heavy (non-hydrogen) atoms. The summed E-state index contributed by atoms with van der Waals surface area (Å²) in [5.74, 6) is 0. The van der Waals surface area contributed by atoms with E-state index in [9.17, 15) is 10.4 Å². The first-order valence-corrected chi connectivity index (χ1v) is 4.09. The fourth-order valence-electron chi connectivity index (χ4n) is 1.40. The summed E-state index contributed by atoms with van der Waals surface area (Å²) in [6.45, 7) is 0. The van der Waals surface area contributed by atoms with Crippen molar-refractivity contribution in [1.82, 2.24) is 10.1 Å². The lowest BCUT2D eigenvalue weighted by Crippen LogP contribution is -2.33. The quantitative estimate of drug-likeness (QED) is 0.457. The lowest BCUT2D eigenvalue weighted by atomic mass is 9.98. The molecule has 0 N–H and O–H groups in total. The largest absolute Gasteiger partial charge is 0.785 e. The van der Waals surface area contributed by atoms with Gasteiger partial charge in [0.2, 0.25) is 0 Å². The van der Waals surface area contributed by atoms with E-state index in [0.717, 1.165) is 23.0 Å². The lowest BCUT2D eigenvalue weighted by Gasteiger charge is -2.39. The van der Waals surface area contributed by atoms with Crippen LogP contribution in [0.15, 0.2) is 12.2 Å². The van der Waals surface area contributed by atoms with Crippen molar-refractivity contribution in [2.45, 2.75) is 24.9 Å². The van der Waals surface area contributed by atoms with Crippen molar-refractivity contribution >= 4 is 0 Å². The predicted octanol–water partition coefficient (Wildman–Crippen LogP) is 0.933. The average molecular weight is 170 g/mol. The van der Waals surface area contributed by atoms with Crippen molar-refractivity contribution in [3.05, 3.63) is 22.6 Å². The van der Waals surface area contributed by atoms with Crippen molar-refractivity contribution in [3.63, 3.8) is 0 Å². The van der Waals surface area contributed by atoms with E-state index < -0.39 is 0 Å². The second-order valence-electron chi connectivity index (χ2n) is 3.19. The maximum absolute atomic E-state index is 10.8. The molecule has 0 radical (unpaired) electrons. The summed E-state index contributed by atoms with van der Waals surface area (Å²) in [5, 5.41) is 23.6. The Balaban J connectivity index is 2.47. The second-order valence-corrected chi connectivity index (χ2v) is 3.19. The third kappa shape index (κ3) is 2.28. The molecule has 1 aliphatic rings. The predicted molar refractivity (Wildman–Crippen MR) is 48.2 cm³/mol. The summed E-state index contributed by atoms with van der Waals surface area (Å²) in [6.07, 6.45) is 5.17. The van der Waals surface area contributed by atoms with Gasteiger partial charge < -0.3 is 20.5 Å². The minimum absolute atomic E-state index is 0.0406. The molecule has 4 heteroatoms. The van der Waals surface area contributed by atoms with Gasteiger partial charge >= 0.3 is 0 Å². The summed E-state index contributed by atoms with van der Waals surface area (Å²) < 4.78 is 0. The summed E-state index contributed by atoms with van der Waals surface area (Å²) in [5.41, 5.74) is 0. The van der Waals surface area contributed by atoms with Gasteiger partial charge in [0.15, 0.2) is 0 Å². The Morgan fingerprint density at radius 2 is 1.33 bits per heavy atom. The van der Waals surface area contributed by atoms with Crippen molar-refractivity contribution in [2.24, 2.45) is 0 Å². The summed E-state index contributed by atoms with van der Waals surface area (Å²) >= 11 is 0. The van der Waals surface area contributed by atoms with Crippen molar-refractivity contribution in [2.75, 3.05) is 14.1 Å². The first kappa shape index (κ1) is 9.67. The molecule has 0 saturated heterocycles. The number of hydroxylamine groups is 4. The van der Waals surface area contributed by atoms with Crippen LogP contribution in [0.4, 0.5) is 0 Å². The van der Waals surface area contributed by atoms with Crippen LogP contribution in [0.1, 0.15) is 12.8 Å². The molecule has 2 atom stereocenters. The Kier molecular flexibility index (Phi) is 3.22. The Morgan fingerprint density at radius 1 is 1.00 bits per heavy atom. The summed E-state index contributed by atoms with van der Waals surface area (Å²) in [7, 11) is 3.02. The highest BCUT2D eigenvalue weighted by molar-refractivity contribution is 5.05. The van der Waals surface area contributed by atoms with Crippen LogP contribution in [0, 0.1) is 10.4 Å². The smallest absolute Gasteiger partial charge is 0.0159 e. The third-order valence-electron chi connectivity index (χ3n) is 2.25. The van der Waals surface area contributed by atoms with Gasteiger partial charge in [0.05, 0.1) is 0 Å². The average Bonchev–Trinajstić information content (AvgIpc) is 2.04. The van der Waals surface area contributed by atoms with Gasteiger partial charge in [0.25, 0.3) is 0 Å². The van der Waals surface area contributed by atoms with Crippen LogP contribution < -0.4 is 0 Å². The maximum Gasteiger partial charge on any atom is 0.0159 e. The van der Waals surface area contributed by atoms with Gasteiger partial charge in [0, 0.05) is 12.1 Å². The molecule has 0 fully saturated rings. The molecule has 0 amide bonds. The SMILES string of the molecule is CN([O-])C1C=CC(N(C)[O-])CC1. The first-order valence-electron chi connectivity index (χ1n) is 4.09. The van der Waals surface area contributed by atoms with E-state index in [1.807, 2.05) is 12.2 Å². The molecule has 70 valence electrons. The highest BCUT2D eigenvalue weighted by Gasteiger charge is 2.14. The number of nitrogens with zero attached hydrogens (tertiary/aromatic N) is 2. The van der Waals surface area contributed by atoms with Crippen LogP contribution in [0.2, 0.25) is 0 Å². The van der Waals surface area contributed by atoms with E-state index in [2.05, 4.69) is 0 Å². The molecule has 0 aliphatic heterocycles. The zero-order valence-corrected chi connectivity index (χ0v) is 7.43. The van der Waals surface area contributed by atoms with Crippen molar-refractivity contribution < 1.29 is 0 Å². The molecule has 2 unspecified atom stereocenters. The second kappa shape index (κ2) is 4.00. The minimum atomic E-state index is -0.0406. The molecule has 0 aromatic heterocycles. The van der Waals surface area contributed by atoms with Gasteiger partial charge in [-0.1, -0.05) is 12.2 Å². The molecule has 0 heterocycles. The van der Waals surface area contributed by atoms with E-state index in [1.54, 1.807) is 0 Å². The molecule has 0 spiro atoms. The number of hydrogen-bond acceptors (Lipinski definition) is 4. The Hall–Kier alpha value is -0.420. The van der Waals surface area contributed by atoms with Crippen LogP contribution >= 0.6 is 0 Å². The normalized spacial score (nSPS) is 30.2. The zero-order valence-electron chi connectivity index (χ0n) is 7.43. The van der Waals surface area contributed by atoms with Gasteiger partial charge in [-0.3, -0.25) is 0 Å². The standard InChI is InChI=1S/C8H14N2O2/c1-9(11)7-3-5-8(6-4-7)10(2)12/h3,5,7-8H,4,6H2,1-2H3/q-2. The van der Waals surface area contributed by atoms with Crippen molar-refractivity contribution in [3.8, 4) is 0 Å². The van der Waals surface area contributed by atoms with Gasteiger partial charge in [-0.2, -0.15) is 0 Å².